The van der Waals surface area contributed by atoms with E-state index in [9.17, 15) is 18.3 Å². The van der Waals surface area contributed by atoms with E-state index in [4.69, 9.17) is 0 Å². The van der Waals surface area contributed by atoms with Gasteiger partial charge in [-0.05, 0) is 32.9 Å². The number of hydrogen-bond donors (Lipinski definition) is 1. The molecule has 1 aliphatic rings. The Morgan fingerprint density at radius 1 is 1.25 bits per heavy atom. The lowest BCUT2D eigenvalue weighted by Crippen LogP contribution is -2.43. The third kappa shape index (κ3) is 2.33. The summed E-state index contributed by atoms with van der Waals surface area (Å²) >= 11 is 0. The molecule has 0 radical (unpaired) electrons. The van der Waals surface area contributed by atoms with Gasteiger partial charge in [-0.1, -0.05) is 17.7 Å². The highest BCUT2D eigenvalue weighted by molar-refractivity contribution is 7.92. The van der Waals surface area contributed by atoms with Gasteiger partial charge in [0.1, 0.15) is 0 Å². The molecule has 0 spiro atoms. The maximum Gasteiger partial charge on any atom is 0.308 e. The number of rotatable bonds is 3. The number of ether oxygens (including phenoxy) is 1. The van der Waals surface area contributed by atoms with Crippen LogP contribution in [-0.4, -0.2) is 30.5 Å². The normalized spacial score (nSPS) is 23.7. The molecule has 110 valence electrons. The fourth-order valence-electron chi connectivity index (χ4n) is 2.35. The first-order chi connectivity index (χ1) is 9.16. The van der Waals surface area contributed by atoms with Crippen LogP contribution in [0, 0.1) is 12.8 Å². The van der Waals surface area contributed by atoms with Gasteiger partial charge in [-0.2, -0.15) is 0 Å². The average molecular weight is 298 g/mol. The molecule has 0 saturated carbocycles. The second-order valence-electron chi connectivity index (χ2n) is 5.61. The van der Waals surface area contributed by atoms with Gasteiger partial charge in [-0.3, -0.25) is 4.79 Å². The van der Waals surface area contributed by atoms with E-state index in [-0.39, 0.29) is 11.3 Å². The van der Waals surface area contributed by atoms with Gasteiger partial charge in [0.25, 0.3) is 0 Å². The summed E-state index contributed by atoms with van der Waals surface area (Å²) < 4.78 is 28.8. The number of aliphatic hydroxyl groups is 1. The summed E-state index contributed by atoms with van der Waals surface area (Å²) in [4.78, 5) is 11.4. The van der Waals surface area contributed by atoms with E-state index in [0.717, 1.165) is 5.56 Å². The zero-order valence-electron chi connectivity index (χ0n) is 11.7. The van der Waals surface area contributed by atoms with Crippen molar-refractivity contribution in [2.45, 2.75) is 43.1 Å². The minimum atomic E-state index is -3.69. The molecule has 1 aromatic carbocycles. The summed E-state index contributed by atoms with van der Waals surface area (Å²) in [6.07, 6.45) is -1.48. The number of sulfone groups is 1. The van der Waals surface area contributed by atoms with Gasteiger partial charge in [0.2, 0.25) is 6.29 Å². The van der Waals surface area contributed by atoms with Crippen LogP contribution in [0.4, 0.5) is 0 Å². The minimum Gasteiger partial charge on any atom is -0.436 e. The largest absolute Gasteiger partial charge is 0.436 e. The van der Waals surface area contributed by atoms with Crippen molar-refractivity contribution in [3.8, 4) is 0 Å². The Morgan fingerprint density at radius 3 is 2.25 bits per heavy atom. The van der Waals surface area contributed by atoms with E-state index < -0.39 is 32.8 Å². The zero-order chi connectivity index (χ0) is 15.1. The van der Waals surface area contributed by atoms with Gasteiger partial charge < -0.3 is 9.84 Å². The van der Waals surface area contributed by atoms with Crippen molar-refractivity contribution in [2.24, 2.45) is 5.92 Å². The van der Waals surface area contributed by atoms with Crippen LogP contribution in [-0.2, 0) is 19.4 Å². The third-order valence-electron chi connectivity index (χ3n) is 3.90. The highest BCUT2D eigenvalue weighted by Gasteiger charge is 2.51. The van der Waals surface area contributed by atoms with Crippen LogP contribution < -0.4 is 0 Å². The van der Waals surface area contributed by atoms with Crippen molar-refractivity contribution in [1.29, 1.82) is 0 Å². The van der Waals surface area contributed by atoms with Gasteiger partial charge in [-0.25, -0.2) is 8.42 Å². The second-order valence-corrected chi connectivity index (χ2v) is 8.14. The number of carbonyl (C=O) groups is 1. The van der Waals surface area contributed by atoms with Gasteiger partial charge >= 0.3 is 5.97 Å². The SMILES string of the molecule is Cc1ccc(S(=O)(=O)C(C)(C)[C@@H]2CC(=O)O[C@H]2O)cc1. The number of cyclic esters (lactones) is 1. The fraction of sp³-hybridized carbons (Fsp3) is 0.500. The summed E-state index contributed by atoms with van der Waals surface area (Å²) in [7, 11) is -3.69. The Kier molecular flexibility index (Phi) is 3.64. The molecule has 1 fully saturated rings. The number of hydrogen-bond acceptors (Lipinski definition) is 5. The van der Waals surface area contributed by atoms with E-state index >= 15 is 0 Å². The van der Waals surface area contributed by atoms with Gasteiger partial charge in [0.15, 0.2) is 9.84 Å². The summed E-state index contributed by atoms with van der Waals surface area (Å²) in [5.74, 6) is -1.35. The van der Waals surface area contributed by atoms with Crippen LogP contribution in [0.2, 0.25) is 0 Å². The van der Waals surface area contributed by atoms with Crippen molar-refractivity contribution < 1.29 is 23.1 Å². The number of esters is 1. The van der Waals surface area contributed by atoms with Crippen LogP contribution in [0.15, 0.2) is 29.2 Å². The third-order valence-corrected chi connectivity index (χ3v) is 6.48. The summed E-state index contributed by atoms with van der Waals surface area (Å²) in [6, 6.07) is 6.51. The highest BCUT2D eigenvalue weighted by atomic mass is 32.2. The lowest BCUT2D eigenvalue weighted by atomic mass is 9.93. The van der Waals surface area contributed by atoms with Crippen molar-refractivity contribution in [3.63, 3.8) is 0 Å². The molecule has 0 bridgehead atoms. The molecule has 5 nitrogen and oxygen atoms in total. The summed E-state index contributed by atoms with van der Waals surface area (Å²) in [5.41, 5.74) is 0.959. The van der Waals surface area contributed by atoms with Crippen molar-refractivity contribution in [1.82, 2.24) is 0 Å². The molecular formula is C14H18O5S. The molecule has 1 heterocycles. The van der Waals surface area contributed by atoms with Gasteiger partial charge in [0.05, 0.1) is 22.0 Å². The molecular weight excluding hydrogens is 280 g/mol. The van der Waals surface area contributed by atoms with Crippen molar-refractivity contribution in [3.05, 3.63) is 29.8 Å². The van der Waals surface area contributed by atoms with Crippen LogP contribution in [0.25, 0.3) is 0 Å². The molecule has 20 heavy (non-hydrogen) atoms. The standard InChI is InChI=1S/C14H18O5S/c1-9-4-6-10(7-5-9)20(17,18)14(2,3)11-8-12(15)19-13(11)16/h4-7,11,13,16H,8H2,1-3H3/t11-,13-/m1/s1. The maximum absolute atomic E-state index is 12.7. The molecule has 2 atom stereocenters. The van der Waals surface area contributed by atoms with Crippen LogP contribution in [0.3, 0.4) is 0 Å². The molecule has 0 aliphatic carbocycles. The minimum absolute atomic E-state index is 0.0980. The topological polar surface area (TPSA) is 80.7 Å². The Labute approximate surface area is 118 Å². The quantitative estimate of drug-likeness (QED) is 0.854. The van der Waals surface area contributed by atoms with Crippen molar-refractivity contribution in [2.75, 3.05) is 0 Å². The lowest BCUT2D eigenvalue weighted by Gasteiger charge is -2.31. The van der Waals surface area contributed by atoms with Crippen LogP contribution in [0.5, 0.6) is 0 Å². The molecule has 0 aromatic heterocycles. The molecule has 1 aromatic rings. The van der Waals surface area contributed by atoms with Gasteiger partial charge in [0, 0.05) is 0 Å². The Balaban J connectivity index is 2.42. The molecule has 0 unspecified atom stereocenters. The summed E-state index contributed by atoms with van der Waals surface area (Å²) in [6.45, 7) is 4.89. The highest BCUT2D eigenvalue weighted by Crippen LogP contribution is 2.39. The van der Waals surface area contributed by atoms with Crippen molar-refractivity contribution >= 4 is 15.8 Å². The average Bonchev–Trinajstić information content (AvgIpc) is 2.69. The van der Waals surface area contributed by atoms with E-state index in [0.29, 0.717) is 0 Å². The Bertz CT molecular complexity index is 615. The van der Waals surface area contributed by atoms with Gasteiger partial charge in [-0.15, -0.1) is 0 Å². The molecule has 1 N–H and O–H groups in total. The molecule has 0 amide bonds. The predicted molar refractivity (Wildman–Crippen MR) is 72.6 cm³/mol. The first-order valence-corrected chi connectivity index (χ1v) is 7.83. The smallest absolute Gasteiger partial charge is 0.308 e. The van der Waals surface area contributed by atoms with E-state index in [1.807, 2.05) is 6.92 Å². The van der Waals surface area contributed by atoms with E-state index in [2.05, 4.69) is 4.74 Å². The molecule has 6 heteroatoms. The number of aliphatic hydroxyl groups excluding tert-OH is 1. The first kappa shape index (κ1) is 15.0. The zero-order valence-corrected chi connectivity index (χ0v) is 12.5. The molecule has 1 aliphatic heterocycles. The molecule has 1 saturated heterocycles. The maximum atomic E-state index is 12.7. The number of carbonyl (C=O) groups excluding carboxylic acids is 1. The lowest BCUT2D eigenvalue weighted by molar-refractivity contribution is -0.156. The van der Waals surface area contributed by atoms with Crippen LogP contribution >= 0.6 is 0 Å². The molecule has 2 rings (SSSR count). The Hall–Kier alpha value is -1.40. The number of aryl methyl sites for hydroxylation is 1. The fourth-order valence-corrected chi connectivity index (χ4v) is 4.06. The second kappa shape index (κ2) is 4.86. The Morgan fingerprint density at radius 2 is 1.80 bits per heavy atom. The van der Waals surface area contributed by atoms with E-state index in [1.165, 1.54) is 26.0 Å². The van der Waals surface area contributed by atoms with Crippen LogP contribution in [0.1, 0.15) is 25.8 Å². The predicted octanol–water partition coefficient (Wildman–Crippen LogP) is 1.43. The number of benzene rings is 1. The monoisotopic (exact) mass is 298 g/mol. The van der Waals surface area contributed by atoms with E-state index in [1.54, 1.807) is 12.1 Å². The first-order valence-electron chi connectivity index (χ1n) is 6.35. The summed E-state index contributed by atoms with van der Waals surface area (Å²) in [5, 5.41) is 9.74.